The SMILES string of the molecule is Cc1cccc(CCC(=O)n2cncc2CCN)c1. The Morgan fingerprint density at radius 3 is 2.95 bits per heavy atom. The van der Waals surface area contributed by atoms with Crippen molar-refractivity contribution in [3.63, 3.8) is 0 Å². The molecule has 4 nitrogen and oxygen atoms in total. The third-order valence-corrected chi connectivity index (χ3v) is 3.09. The van der Waals surface area contributed by atoms with Crippen molar-refractivity contribution in [2.75, 3.05) is 6.54 Å². The Hall–Kier alpha value is -1.94. The molecule has 0 saturated carbocycles. The van der Waals surface area contributed by atoms with Gasteiger partial charge >= 0.3 is 0 Å². The van der Waals surface area contributed by atoms with Gasteiger partial charge in [-0.3, -0.25) is 9.36 Å². The fourth-order valence-electron chi connectivity index (χ4n) is 2.12. The van der Waals surface area contributed by atoms with Crippen molar-refractivity contribution in [1.82, 2.24) is 9.55 Å². The minimum absolute atomic E-state index is 0.0717. The fraction of sp³-hybridized carbons (Fsp3) is 0.333. The van der Waals surface area contributed by atoms with Gasteiger partial charge < -0.3 is 5.73 Å². The van der Waals surface area contributed by atoms with Crippen LogP contribution >= 0.6 is 0 Å². The maximum atomic E-state index is 12.1. The molecule has 0 aliphatic heterocycles. The van der Waals surface area contributed by atoms with Gasteiger partial charge in [0.05, 0.1) is 0 Å². The zero-order valence-electron chi connectivity index (χ0n) is 11.2. The number of nitrogens with zero attached hydrogens (tertiary/aromatic N) is 2. The summed E-state index contributed by atoms with van der Waals surface area (Å²) in [5.74, 6) is 0.0717. The predicted molar refractivity (Wildman–Crippen MR) is 75.1 cm³/mol. The van der Waals surface area contributed by atoms with E-state index < -0.39 is 0 Å². The van der Waals surface area contributed by atoms with E-state index in [1.54, 1.807) is 17.1 Å². The van der Waals surface area contributed by atoms with E-state index in [-0.39, 0.29) is 5.91 Å². The van der Waals surface area contributed by atoms with Crippen LogP contribution in [0.1, 0.15) is 28.0 Å². The highest BCUT2D eigenvalue weighted by atomic mass is 16.2. The molecule has 0 aliphatic rings. The van der Waals surface area contributed by atoms with Crippen molar-refractivity contribution < 1.29 is 4.79 Å². The van der Waals surface area contributed by atoms with Crippen LogP contribution in [0.5, 0.6) is 0 Å². The summed E-state index contributed by atoms with van der Waals surface area (Å²) in [5, 5.41) is 0. The monoisotopic (exact) mass is 257 g/mol. The summed E-state index contributed by atoms with van der Waals surface area (Å²) in [6.07, 6.45) is 5.19. The molecule has 0 unspecified atom stereocenters. The summed E-state index contributed by atoms with van der Waals surface area (Å²) in [4.78, 5) is 16.2. The number of rotatable bonds is 5. The molecule has 4 heteroatoms. The van der Waals surface area contributed by atoms with Gasteiger partial charge in [-0.05, 0) is 25.5 Å². The Kier molecular flexibility index (Phi) is 4.47. The minimum atomic E-state index is 0.0717. The Labute approximate surface area is 113 Å². The quantitative estimate of drug-likeness (QED) is 0.890. The molecule has 2 aromatic rings. The summed E-state index contributed by atoms with van der Waals surface area (Å²) in [5.41, 5.74) is 8.81. The van der Waals surface area contributed by atoms with Crippen LogP contribution in [0, 0.1) is 6.92 Å². The third kappa shape index (κ3) is 3.51. The maximum Gasteiger partial charge on any atom is 0.232 e. The molecule has 1 aromatic carbocycles. The maximum absolute atomic E-state index is 12.1. The van der Waals surface area contributed by atoms with Gasteiger partial charge in [0, 0.05) is 24.7 Å². The van der Waals surface area contributed by atoms with Gasteiger partial charge in [-0.1, -0.05) is 29.8 Å². The van der Waals surface area contributed by atoms with Crippen LogP contribution in [0.3, 0.4) is 0 Å². The third-order valence-electron chi connectivity index (χ3n) is 3.09. The van der Waals surface area contributed by atoms with Gasteiger partial charge in [-0.15, -0.1) is 0 Å². The molecule has 0 amide bonds. The molecule has 0 saturated heterocycles. The second kappa shape index (κ2) is 6.29. The lowest BCUT2D eigenvalue weighted by atomic mass is 10.1. The number of nitrogens with two attached hydrogens (primary N) is 1. The second-order valence-corrected chi connectivity index (χ2v) is 4.68. The number of carbonyl (C=O) groups excluding carboxylic acids is 1. The van der Waals surface area contributed by atoms with E-state index >= 15 is 0 Å². The Bertz CT molecular complexity index is 560. The van der Waals surface area contributed by atoms with Crippen molar-refractivity contribution in [1.29, 1.82) is 0 Å². The smallest absolute Gasteiger partial charge is 0.232 e. The first kappa shape index (κ1) is 13.5. The summed E-state index contributed by atoms with van der Waals surface area (Å²) in [7, 11) is 0. The van der Waals surface area contributed by atoms with Crippen LogP contribution in [0.2, 0.25) is 0 Å². The van der Waals surface area contributed by atoms with Crippen molar-refractivity contribution in [2.24, 2.45) is 5.73 Å². The second-order valence-electron chi connectivity index (χ2n) is 4.68. The molecule has 0 spiro atoms. The molecule has 0 radical (unpaired) electrons. The lowest BCUT2D eigenvalue weighted by molar-refractivity contribution is 0.0900. The molecule has 100 valence electrons. The first-order chi connectivity index (χ1) is 9.20. The topological polar surface area (TPSA) is 60.9 Å². The highest BCUT2D eigenvalue weighted by Crippen LogP contribution is 2.09. The van der Waals surface area contributed by atoms with Crippen molar-refractivity contribution in [2.45, 2.75) is 26.2 Å². The number of aromatic nitrogens is 2. The van der Waals surface area contributed by atoms with Gasteiger partial charge in [0.15, 0.2) is 0 Å². The van der Waals surface area contributed by atoms with Crippen LogP contribution < -0.4 is 5.73 Å². The average molecular weight is 257 g/mol. The number of hydrogen-bond donors (Lipinski definition) is 1. The molecule has 0 aliphatic carbocycles. The number of aryl methyl sites for hydroxylation is 2. The normalized spacial score (nSPS) is 10.6. The average Bonchev–Trinajstić information content (AvgIpc) is 2.85. The summed E-state index contributed by atoms with van der Waals surface area (Å²) >= 11 is 0. The summed E-state index contributed by atoms with van der Waals surface area (Å²) < 4.78 is 1.61. The van der Waals surface area contributed by atoms with Crippen LogP contribution in [0.25, 0.3) is 0 Å². The van der Waals surface area contributed by atoms with Gasteiger partial charge in [0.1, 0.15) is 6.33 Å². The van der Waals surface area contributed by atoms with Crippen molar-refractivity contribution in [3.8, 4) is 0 Å². The summed E-state index contributed by atoms with van der Waals surface area (Å²) in [6, 6.07) is 8.24. The van der Waals surface area contributed by atoms with E-state index in [2.05, 4.69) is 30.1 Å². The number of imidazole rings is 1. The van der Waals surface area contributed by atoms with Gasteiger partial charge in [0.25, 0.3) is 0 Å². The Balaban J connectivity index is 1.99. The minimum Gasteiger partial charge on any atom is -0.330 e. The van der Waals surface area contributed by atoms with E-state index in [1.165, 1.54) is 11.1 Å². The summed E-state index contributed by atoms with van der Waals surface area (Å²) in [6.45, 7) is 2.58. The predicted octanol–water partition coefficient (Wildman–Crippen LogP) is 1.97. The molecular formula is C15H19N3O. The Morgan fingerprint density at radius 2 is 2.21 bits per heavy atom. The fourth-order valence-corrected chi connectivity index (χ4v) is 2.12. The molecule has 0 atom stereocenters. The number of carbonyl (C=O) groups is 1. The molecule has 0 fully saturated rings. The largest absolute Gasteiger partial charge is 0.330 e. The lowest BCUT2D eigenvalue weighted by Gasteiger charge is -2.06. The van der Waals surface area contributed by atoms with E-state index in [9.17, 15) is 4.79 Å². The molecule has 19 heavy (non-hydrogen) atoms. The van der Waals surface area contributed by atoms with Gasteiger partial charge in [-0.2, -0.15) is 0 Å². The highest BCUT2D eigenvalue weighted by molar-refractivity contribution is 5.79. The van der Waals surface area contributed by atoms with Crippen LogP contribution in [-0.2, 0) is 12.8 Å². The lowest BCUT2D eigenvalue weighted by Crippen LogP contribution is -2.16. The zero-order valence-corrected chi connectivity index (χ0v) is 11.2. The molecular weight excluding hydrogens is 238 g/mol. The molecule has 0 bridgehead atoms. The first-order valence-corrected chi connectivity index (χ1v) is 6.50. The molecule has 1 aromatic heterocycles. The van der Waals surface area contributed by atoms with E-state index in [0.717, 1.165) is 12.1 Å². The van der Waals surface area contributed by atoms with Gasteiger partial charge in [-0.25, -0.2) is 4.98 Å². The Morgan fingerprint density at radius 1 is 1.37 bits per heavy atom. The number of hydrogen-bond acceptors (Lipinski definition) is 3. The zero-order chi connectivity index (χ0) is 13.7. The highest BCUT2D eigenvalue weighted by Gasteiger charge is 2.09. The van der Waals surface area contributed by atoms with Crippen molar-refractivity contribution in [3.05, 3.63) is 53.6 Å². The van der Waals surface area contributed by atoms with E-state index in [4.69, 9.17) is 5.73 Å². The van der Waals surface area contributed by atoms with E-state index in [0.29, 0.717) is 19.4 Å². The van der Waals surface area contributed by atoms with E-state index in [1.807, 2.05) is 6.07 Å². The van der Waals surface area contributed by atoms with Crippen LogP contribution in [-0.4, -0.2) is 22.0 Å². The number of benzene rings is 1. The standard InChI is InChI=1S/C15H19N3O/c1-12-3-2-4-13(9-12)5-6-15(19)18-11-17-10-14(18)7-8-16/h2-4,9-11H,5-8,16H2,1H3. The van der Waals surface area contributed by atoms with Crippen LogP contribution in [0.15, 0.2) is 36.8 Å². The first-order valence-electron chi connectivity index (χ1n) is 6.50. The molecule has 2 N–H and O–H groups in total. The van der Waals surface area contributed by atoms with Gasteiger partial charge in [0.2, 0.25) is 5.91 Å². The molecule has 2 rings (SSSR count). The van der Waals surface area contributed by atoms with Crippen molar-refractivity contribution >= 4 is 5.91 Å². The van der Waals surface area contributed by atoms with Crippen LogP contribution in [0.4, 0.5) is 0 Å². The molecule has 1 heterocycles.